The molecule has 0 aliphatic carbocycles. The number of anilines is 1. The second kappa shape index (κ2) is 10.4. The van der Waals surface area contributed by atoms with Crippen LogP contribution in [-0.4, -0.2) is 30.1 Å². The average molecular weight is 574 g/mol. The monoisotopic (exact) mass is 573 g/mol. The molecular weight excluding hydrogens is 545 g/mol. The van der Waals surface area contributed by atoms with Crippen LogP contribution in [0.4, 0.5) is 10.1 Å². The Kier molecular flexibility index (Phi) is 7.04. The number of halogens is 1. The Morgan fingerprint density at radius 2 is 1.61 bits per heavy atom. The van der Waals surface area contributed by atoms with Crippen molar-refractivity contribution in [2.75, 3.05) is 11.6 Å². The van der Waals surface area contributed by atoms with E-state index in [9.17, 15) is 22.4 Å². The van der Waals surface area contributed by atoms with Gasteiger partial charge in [-0.15, -0.1) is 0 Å². The molecule has 2 heterocycles. The fourth-order valence-corrected chi connectivity index (χ4v) is 5.36. The lowest BCUT2D eigenvalue weighted by Gasteiger charge is -2.17. The highest BCUT2D eigenvalue weighted by molar-refractivity contribution is 7.90. The van der Waals surface area contributed by atoms with Crippen LogP contribution in [-0.2, 0) is 16.9 Å². The standard InChI is InChI=1S/C31H28FN3O5S/c1-17-6-8-21(9-7-17)33-30(36)26-15-24-25(16-35(4)31(37)28(24)34-26)23-14-22(41(5,38)39)10-11-27(23)40-29-18(2)12-20(32)13-19(29)3/h6-16,34H,1-5H3,(H,33,36). The summed E-state index contributed by atoms with van der Waals surface area (Å²) in [5.74, 6) is -0.129. The number of nitrogens with one attached hydrogen (secondary N) is 2. The van der Waals surface area contributed by atoms with Gasteiger partial charge in [0.1, 0.15) is 28.5 Å². The number of benzene rings is 3. The number of hydrogen-bond acceptors (Lipinski definition) is 5. The zero-order valence-electron chi connectivity index (χ0n) is 23.1. The number of hydrogen-bond donors (Lipinski definition) is 2. The summed E-state index contributed by atoms with van der Waals surface area (Å²) in [7, 11) is -2.05. The molecule has 5 rings (SSSR count). The summed E-state index contributed by atoms with van der Waals surface area (Å²) < 4.78 is 46.6. The van der Waals surface area contributed by atoms with Crippen LogP contribution in [0.3, 0.4) is 0 Å². The van der Waals surface area contributed by atoms with Crippen LogP contribution < -0.4 is 15.6 Å². The molecule has 5 aromatic rings. The number of carbonyl (C=O) groups excluding carboxylic acids is 1. The Bertz CT molecular complexity index is 1990. The van der Waals surface area contributed by atoms with Gasteiger partial charge in [0.25, 0.3) is 11.5 Å². The van der Waals surface area contributed by atoms with Gasteiger partial charge in [0.15, 0.2) is 9.84 Å². The van der Waals surface area contributed by atoms with E-state index in [2.05, 4.69) is 10.3 Å². The lowest BCUT2D eigenvalue weighted by atomic mass is 10.0. The normalized spacial score (nSPS) is 11.6. The molecule has 0 saturated carbocycles. The maximum absolute atomic E-state index is 14.0. The van der Waals surface area contributed by atoms with Crippen LogP contribution in [0.2, 0.25) is 0 Å². The van der Waals surface area contributed by atoms with E-state index < -0.39 is 21.6 Å². The minimum absolute atomic E-state index is 0.0438. The van der Waals surface area contributed by atoms with Crippen LogP contribution in [0, 0.1) is 26.6 Å². The van der Waals surface area contributed by atoms with E-state index in [1.165, 1.54) is 34.9 Å². The minimum Gasteiger partial charge on any atom is -0.456 e. The zero-order chi connectivity index (χ0) is 29.6. The largest absolute Gasteiger partial charge is 0.456 e. The minimum atomic E-state index is -3.61. The molecule has 8 nitrogen and oxygen atoms in total. The first-order valence-electron chi connectivity index (χ1n) is 12.7. The number of H-pyrrole nitrogens is 1. The lowest BCUT2D eigenvalue weighted by Crippen LogP contribution is -2.17. The molecule has 0 bridgehead atoms. The van der Waals surface area contributed by atoms with Gasteiger partial charge >= 0.3 is 0 Å². The predicted molar refractivity (Wildman–Crippen MR) is 157 cm³/mol. The molecule has 0 radical (unpaired) electrons. The van der Waals surface area contributed by atoms with E-state index >= 15 is 0 Å². The molecule has 210 valence electrons. The fourth-order valence-electron chi connectivity index (χ4n) is 4.71. The average Bonchev–Trinajstić information content (AvgIpc) is 3.35. The third-order valence-corrected chi connectivity index (χ3v) is 7.94. The van der Waals surface area contributed by atoms with Crippen molar-refractivity contribution in [3.8, 4) is 22.6 Å². The zero-order valence-corrected chi connectivity index (χ0v) is 23.9. The first kappa shape index (κ1) is 27.9. The lowest BCUT2D eigenvalue weighted by molar-refractivity contribution is 0.102. The van der Waals surface area contributed by atoms with Gasteiger partial charge in [0, 0.05) is 41.7 Å². The summed E-state index contributed by atoms with van der Waals surface area (Å²) in [4.78, 5) is 29.2. The molecule has 0 unspecified atom stereocenters. The molecule has 1 amide bonds. The summed E-state index contributed by atoms with van der Waals surface area (Å²) in [5, 5.41) is 3.22. The highest BCUT2D eigenvalue weighted by Crippen LogP contribution is 2.40. The number of amides is 1. The van der Waals surface area contributed by atoms with Gasteiger partial charge in [0.2, 0.25) is 0 Å². The van der Waals surface area contributed by atoms with Gasteiger partial charge in [0.05, 0.1) is 4.90 Å². The first-order valence-corrected chi connectivity index (χ1v) is 14.6. The van der Waals surface area contributed by atoms with Gasteiger partial charge in [-0.25, -0.2) is 12.8 Å². The smallest absolute Gasteiger partial charge is 0.274 e. The number of fused-ring (bicyclic) bond motifs is 1. The summed E-state index contributed by atoms with van der Waals surface area (Å²) >= 11 is 0. The van der Waals surface area contributed by atoms with E-state index in [-0.39, 0.29) is 21.7 Å². The molecule has 0 aliphatic rings. The molecule has 0 aliphatic heterocycles. The van der Waals surface area contributed by atoms with Crippen molar-refractivity contribution in [2.45, 2.75) is 25.7 Å². The number of pyridine rings is 1. The number of ether oxygens (including phenoxy) is 1. The van der Waals surface area contributed by atoms with Gasteiger partial charge in [-0.1, -0.05) is 17.7 Å². The number of carbonyl (C=O) groups is 1. The maximum atomic E-state index is 14.0. The van der Waals surface area contributed by atoms with Crippen molar-refractivity contribution in [3.63, 3.8) is 0 Å². The first-order chi connectivity index (χ1) is 19.3. The van der Waals surface area contributed by atoms with Crippen molar-refractivity contribution in [1.29, 1.82) is 0 Å². The quantitative estimate of drug-likeness (QED) is 0.257. The highest BCUT2D eigenvalue weighted by Gasteiger charge is 2.21. The topological polar surface area (TPSA) is 110 Å². The SMILES string of the molecule is Cc1ccc(NC(=O)c2cc3c(-c4cc(S(C)(=O)=O)ccc4Oc4c(C)cc(F)cc4C)cn(C)c(=O)c3[nH]2)cc1. The molecule has 0 fully saturated rings. The second-order valence-electron chi connectivity index (χ2n) is 10.2. The molecule has 0 spiro atoms. The van der Waals surface area contributed by atoms with Crippen LogP contribution in [0.1, 0.15) is 27.2 Å². The molecule has 2 N–H and O–H groups in total. The van der Waals surface area contributed by atoms with Crippen LogP contribution >= 0.6 is 0 Å². The van der Waals surface area contributed by atoms with Crippen molar-refractivity contribution in [3.05, 3.63) is 105 Å². The van der Waals surface area contributed by atoms with E-state index in [0.717, 1.165) is 11.8 Å². The van der Waals surface area contributed by atoms with Crippen molar-refractivity contribution in [1.82, 2.24) is 9.55 Å². The molecule has 2 aromatic heterocycles. The summed E-state index contributed by atoms with van der Waals surface area (Å²) in [5.41, 5.74) is 3.54. The fraction of sp³-hybridized carbons (Fsp3) is 0.161. The summed E-state index contributed by atoms with van der Waals surface area (Å²) in [6.07, 6.45) is 2.67. The van der Waals surface area contributed by atoms with Crippen molar-refractivity contribution >= 4 is 32.3 Å². The molecular formula is C31H28FN3O5S. The number of nitrogens with zero attached hydrogens (tertiary/aromatic N) is 1. The Morgan fingerprint density at radius 1 is 0.951 bits per heavy atom. The predicted octanol–water partition coefficient (Wildman–Crippen LogP) is 6.05. The van der Waals surface area contributed by atoms with Gasteiger partial charge in [-0.3, -0.25) is 9.59 Å². The van der Waals surface area contributed by atoms with Crippen molar-refractivity contribution < 1.29 is 22.3 Å². The third-order valence-electron chi connectivity index (χ3n) is 6.83. The third kappa shape index (κ3) is 5.51. The van der Waals surface area contributed by atoms with Gasteiger partial charge in [-0.2, -0.15) is 0 Å². The van der Waals surface area contributed by atoms with E-state index in [0.29, 0.717) is 44.8 Å². The number of aromatic amines is 1. The number of rotatable bonds is 6. The second-order valence-corrected chi connectivity index (χ2v) is 12.2. The molecule has 41 heavy (non-hydrogen) atoms. The van der Waals surface area contributed by atoms with Crippen molar-refractivity contribution in [2.24, 2.45) is 7.05 Å². The Hall–Kier alpha value is -4.70. The maximum Gasteiger partial charge on any atom is 0.274 e. The number of sulfone groups is 1. The van der Waals surface area contributed by atoms with E-state index in [1.807, 2.05) is 19.1 Å². The van der Waals surface area contributed by atoms with Crippen LogP contribution in [0.15, 0.2) is 76.6 Å². The Balaban J connectivity index is 1.69. The summed E-state index contributed by atoms with van der Waals surface area (Å²) in [6.45, 7) is 5.37. The van der Waals surface area contributed by atoms with Crippen LogP contribution in [0.25, 0.3) is 22.0 Å². The van der Waals surface area contributed by atoms with E-state index in [4.69, 9.17) is 4.74 Å². The molecule has 3 aromatic carbocycles. The Morgan fingerprint density at radius 3 is 2.24 bits per heavy atom. The Labute approximate surface area is 236 Å². The van der Waals surface area contributed by atoms with Crippen LogP contribution in [0.5, 0.6) is 11.5 Å². The molecule has 10 heteroatoms. The molecule has 0 atom stereocenters. The molecule has 0 saturated heterocycles. The highest BCUT2D eigenvalue weighted by atomic mass is 32.2. The summed E-state index contributed by atoms with van der Waals surface area (Å²) in [6, 6.07) is 16.0. The number of aromatic nitrogens is 2. The van der Waals surface area contributed by atoms with E-state index in [1.54, 1.807) is 45.3 Å². The van der Waals surface area contributed by atoms with Gasteiger partial charge in [-0.05, 0) is 80.4 Å². The number of aryl methyl sites for hydroxylation is 4. The van der Waals surface area contributed by atoms with Gasteiger partial charge < -0.3 is 19.6 Å².